The van der Waals surface area contributed by atoms with Gasteiger partial charge in [0.15, 0.2) is 0 Å². The molecule has 0 radical (unpaired) electrons. The number of carbonyl (C=O) groups is 2. The normalized spacial score (nSPS) is 10.9. The number of nitriles is 2. The quantitative estimate of drug-likeness (QED) is 0.259. The molecule has 0 fully saturated rings. The fourth-order valence-electron chi connectivity index (χ4n) is 3.70. The van der Waals surface area contributed by atoms with E-state index in [1.54, 1.807) is 82.4 Å². The van der Waals surface area contributed by atoms with Crippen molar-refractivity contribution < 1.29 is 23.8 Å². The number of methoxy groups -OCH3 is 1. The van der Waals surface area contributed by atoms with Gasteiger partial charge in [-0.3, -0.25) is 9.88 Å². The molecule has 1 amide bonds. The molecule has 2 aromatic carbocycles. The van der Waals surface area contributed by atoms with Crippen molar-refractivity contribution in [2.75, 3.05) is 12.0 Å². The fourth-order valence-corrected chi connectivity index (χ4v) is 3.70. The summed E-state index contributed by atoms with van der Waals surface area (Å²) in [4.78, 5) is 31.3. The highest BCUT2D eigenvalue weighted by atomic mass is 16.6. The van der Waals surface area contributed by atoms with Crippen LogP contribution in [-0.2, 0) is 27.4 Å². The van der Waals surface area contributed by atoms with Crippen molar-refractivity contribution in [1.29, 1.82) is 10.5 Å². The van der Waals surface area contributed by atoms with E-state index in [9.17, 15) is 20.1 Å². The second-order valence-corrected chi connectivity index (χ2v) is 9.79. The first kappa shape index (κ1) is 29.4. The number of rotatable bonds is 8. The Kier molecular flexibility index (Phi) is 9.61. The molecule has 0 aliphatic carbocycles. The smallest absolute Gasteiger partial charge is 0.415 e. The molecule has 1 heterocycles. The van der Waals surface area contributed by atoms with Gasteiger partial charge in [0.25, 0.3) is 0 Å². The lowest BCUT2D eigenvalue weighted by molar-refractivity contribution is -0.134. The Morgan fingerprint density at radius 2 is 1.75 bits per heavy atom. The zero-order chi connectivity index (χ0) is 29.3. The van der Waals surface area contributed by atoms with E-state index in [1.165, 1.54) is 18.1 Å². The Labute approximate surface area is 233 Å². The number of esters is 1. The van der Waals surface area contributed by atoms with Crippen LogP contribution in [0.3, 0.4) is 0 Å². The molecule has 9 nitrogen and oxygen atoms in total. The van der Waals surface area contributed by atoms with Crippen molar-refractivity contribution in [3.63, 3.8) is 0 Å². The van der Waals surface area contributed by atoms with Crippen molar-refractivity contribution in [2.45, 2.75) is 46.4 Å². The summed E-state index contributed by atoms with van der Waals surface area (Å²) in [6, 6.07) is 17.8. The molecular formula is C31H30N4O5. The third-order valence-electron chi connectivity index (χ3n) is 5.61. The maximum Gasteiger partial charge on any atom is 0.415 e. The Morgan fingerprint density at radius 1 is 1.05 bits per heavy atom. The minimum atomic E-state index is -0.757. The van der Waals surface area contributed by atoms with E-state index >= 15 is 0 Å². The zero-order valence-corrected chi connectivity index (χ0v) is 23.1. The van der Waals surface area contributed by atoms with Crippen LogP contribution in [0.15, 0.2) is 60.8 Å². The van der Waals surface area contributed by atoms with Gasteiger partial charge in [-0.25, -0.2) is 9.59 Å². The lowest BCUT2D eigenvalue weighted by Crippen LogP contribution is -2.36. The van der Waals surface area contributed by atoms with Crippen LogP contribution < -0.4 is 9.64 Å². The number of pyridine rings is 1. The van der Waals surface area contributed by atoms with E-state index in [-0.39, 0.29) is 13.2 Å². The molecule has 1 aromatic heterocycles. The van der Waals surface area contributed by atoms with Gasteiger partial charge < -0.3 is 14.2 Å². The molecule has 0 aliphatic rings. The van der Waals surface area contributed by atoms with Crippen molar-refractivity contribution in [3.05, 3.63) is 94.3 Å². The number of amides is 1. The highest BCUT2D eigenvalue weighted by Crippen LogP contribution is 2.31. The van der Waals surface area contributed by atoms with Gasteiger partial charge in [0.2, 0.25) is 0 Å². The number of anilines is 1. The average molecular weight is 539 g/mol. The Morgan fingerprint density at radius 3 is 2.38 bits per heavy atom. The van der Waals surface area contributed by atoms with Gasteiger partial charge in [-0.15, -0.1) is 0 Å². The molecule has 0 saturated heterocycles. The minimum Gasteiger partial charge on any atom is -0.486 e. The first-order valence-electron chi connectivity index (χ1n) is 12.4. The highest BCUT2D eigenvalue weighted by molar-refractivity contribution is 5.89. The van der Waals surface area contributed by atoms with Crippen molar-refractivity contribution in [1.82, 2.24) is 4.98 Å². The molecule has 0 saturated carbocycles. The third-order valence-corrected chi connectivity index (χ3v) is 5.61. The van der Waals surface area contributed by atoms with Crippen molar-refractivity contribution in [2.24, 2.45) is 0 Å². The number of carbonyl (C=O) groups excluding carboxylic acids is 2. The van der Waals surface area contributed by atoms with Crippen LogP contribution in [0, 0.1) is 29.6 Å². The van der Waals surface area contributed by atoms with Gasteiger partial charge in [-0.1, -0.05) is 12.1 Å². The number of hydrogen-bond donors (Lipinski definition) is 0. The SMILES string of the molecule is COC(=O)/C=C/c1c(CN(C(=O)OC(C)(C)C)c2ccc(C#N)cc2)cnc(C)c1OCc1cccc(C#N)c1. The van der Waals surface area contributed by atoms with Crippen molar-refractivity contribution >= 4 is 23.8 Å². The second-order valence-electron chi connectivity index (χ2n) is 9.79. The summed E-state index contributed by atoms with van der Waals surface area (Å²) < 4.78 is 16.6. The zero-order valence-electron chi connectivity index (χ0n) is 23.1. The second kappa shape index (κ2) is 13.1. The van der Waals surface area contributed by atoms with Gasteiger partial charge in [0, 0.05) is 29.1 Å². The summed E-state index contributed by atoms with van der Waals surface area (Å²) in [7, 11) is 1.28. The molecule has 0 spiro atoms. The number of hydrogen-bond acceptors (Lipinski definition) is 8. The maximum absolute atomic E-state index is 13.3. The summed E-state index contributed by atoms with van der Waals surface area (Å²) in [5.41, 5.74) is 3.14. The first-order chi connectivity index (χ1) is 19.0. The summed E-state index contributed by atoms with van der Waals surface area (Å²) in [5, 5.41) is 18.4. The van der Waals surface area contributed by atoms with E-state index in [2.05, 4.69) is 17.1 Å². The molecule has 40 heavy (non-hydrogen) atoms. The van der Waals surface area contributed by atoms with Crippen LogP contribution in [-0.4, -0.2) is 29.8 Å². The number of aromatic nitrogens is 1. The highest BCUT2D eigenvalue weighted by Gasteiger charge is 2.25. The molecule has 0 aliphatic heterocycles. The molecule has 0 unspecified atom stereocenters. The Hall–Kier alpha value is -5.15. The molecule has 204 valence electrons. The predicted molar refractivity (Wildman–Crippen MR) is 149 cm³/mol. The molecule has 3 aromatic rings. The van der Waals surface area contributed by atoms with Crippen LogP contribution in [0.25, 0.3) is 6.08 Å². The molecule has 0 N–H and O–H groups in total. The van der Waals surface area contributed by atoms with Crippen LogP contribution in [0.5, 0.6) is 5.75 Å². The van der Waals surface area contributed by atoms with Gasteiger partial charge in [-0.05, 0) is 75.7 Å². The maximum atomic E-state index is 13.3. The van der Waals surface area contributed by atoms with Gasteiger partial charge in [0.05, 0.1) is 42.6 Å². The van der Waals surface area contributed by atoms with Gasteiger partial charge in [-0.2, -0.15) is 10.5 Å². The summed E-state index contributed by atoms with van der Waals surface area (Å²) in [5.74, 6) is -0.159. The molecule has 9 heteroatoms. The summed E-state index contributed by atoms with van der Waals surface area (Å²) >= 11 is 0. The monoisotopic (exact) mass is 538 g/mol. The Balaban J connectivity index is 2.07. The van der Waals surface area contributed by atoms with E-state index in [0.29, 0.717) is 39.4 Å². The number of benzene rings is 2. The molecule has 3 rings (SSSR count). The van der Waals surface area contributed by atoms with Gasteiger partial charge >= 0.3 is 12.1 Å². The van der Waals surface area contributed by atoms with E-state index in [0.717, 1.165) is 5.56 Å². The topological polar surface area (TPSA) is 126 Å². The Bertz CT molecular complexity index is 1490. The van der Waals surface area contributed by atoms with Crippen LogP contribution in [0.2, 0.25) is 0 Å². The van der Waals surface area contributed by atoms with E-state index in [4.69, 9.17) is 14.2 Å². The van der Waals surface area contributed by atoms with Crippen molar-refractivity contribution in [3.8, 4) is 17.9 Å². The van der Waals surface area contributed by atoms with E-state index < -0.39 is 17.7 Å². The van der Waals surface area contributed by atoms with E-state index in [1.807, 2.05) is 6.07 Å². The molecule has 0 atom stereocenters. The first-order valence-corrected chi connectivity index (χ1v) is 12.4. The lowest BCUT2D eigenvalue weighted by Gasteiger charge is -2.28. The standard InChI is InChI=1S/C31H30N4O5/c1-21-29(39-20-24-8-6-7-23(15-24)17-33)27(13-14-28(36)38-5)25(18-34-21)19-35(30(37)40-31(2,3)4)26-11-9-22(16-32)10-12-26/h6-15,18H,19-20H2,1-5H3/b14-13+. The van der Waals surface area contributed by atoms with Crippen LogP contribution in [0.4, 0.5) is 10.5 Å². The summed E-state index contributed by atoms with van der Waals surface area (Å²) in [6.45, 7) is 7.25. The largest absolute Gasteiger partial charge is 0.486 e. The number of nitrogens with zero attached hydrogens (tertiary/aromatic N) is 4. The average Bonchev–Trinajstić information content (AvgIpc) is 2.93. The predicted octanol–water partition coefficient (Wildman–Crippen LogP) is 5.84. The minimum absolute atomic E-state index is 0.0230. The van der Waals surface area contributed by atoms with Crippen LogP contribution in [0.1, 0.15) is 54.3 Å². The lowest BCUT2D eigenvalue weighted by atomic mass is 10.1. The number of aryl methyl sites for hydroxylation is 1. The van der Waals surface area contributed by atoms with Gasteiger partial charge in [0.1, 0.15) is 18.0 Å². The molecule has 0 bridgehead atoms. The molecular weight excluding hydrogens is 508 g/mol. The number of ether oxygens (including phenoxy) is 3. The summed E-state index contributed by atoms with van der Waals surface area (Å²) in [6.07, 6.45) is 3.83. The third kappa shape index (κ3) is 7.92. The fraction of sp³-hybridized carbons (Fsp3) is 0.258. The van der Waals surface area contributed by atoms with Crippen LogP contribution >= 0.6 is 0 Å².